The van der Waals surface area contributed by atoms with E-state index in [9.17, 15) is 0 Å². The molecular weight excluding hydrogens is 256 g/mol. The topological polar surface area (TPSA) is 35.0 Å². The number of nitrogens with zero attached hydrogens (tertiary/aromatic N) is 2. The molecule has 0 spiro atoms. The molecule has 19 heavy (non-hydrogen) atoms. The average Bonchev–Trinajstić information content (AvgIpc) is 2.46. The molecule has 3 aromatic rings. The summed E-state index contributed by atoms with van der Waals surface area (Å²) in [7, 11) is 0. The maximum absolute atomic E-state index is 5.62. The Labute approximate surface area is 116 Å². The van der Waals surface area contributed by atoms with E-state index >= 15 is 0 Å². The highest BCUT2D eigenvalue weighted by Crippen LogP contribution is 2.16. The van der Waals surface area contributed by atoms with Crippen molar-refractivity contribution in [1.82, 2.24) is 9.97 Å². The highest BCUT2D eigenvalue weighted by Gasteiger charge is 2.01. The standard InChI is InChI=1S/C15H12N2OS/c19-15-12-8-4-5-9-13(12)16-14(17-15)10-18-11-6-2-1-3-7-11/h1-9H,10H2,(H,16,17,19)/p-1. The van der Waals surface area contributed by atoms with Gasteiger partial charge in [-0.05, 0) is 23.6 Å². The summed E-state index contributed by atoms with van der Waals surface area (Å²) in [5, 5.41) is 1.47. The van der Waals surface area contributed by atoms with Crippen LogP contribution in [0.3, 0.4) is 0 Å². The molecule has 0 aliphatic heterocycles. The van der Waals surface area contributed by atoms with Crippen LogP contribution in [-0.4, -0.2) is 9.97 Å². The third-order valence-corrected chi connectivity index (χ3v) is 3.04. The minimum Gasteiger partial charge on any atom is -0.759 e. The largest absolute Gasteiger partial charge is 0.759 e. The van der Waals surface area contributed by atoms with E-state index in [-0.39, 0.29) is 0 Å². The summed E-state index contributed by atoms with van der Waals surface area (Å²) in [6, 6.07) is 17.3. The molecule has 0 bridgehead atoms. The van der Waals surface area contributed by atoms with Gasteiger partial charge in [0.05, 0.1) is 5.52 Å². The van der Waals surface area contributed by atoms with Crippen molar-refractivity contribution in [3.8, 4) is 5.75 Å². The van der Waals surface area contributed by atoms with Gasteiger partial charge in [0.25, 0.3) is 0 Å². The van der Waals surface area contributed by atoms with Crippen LogP contribution in [0, 0.1) is 0 Å². The van der Waals surface area contributed by atoms with Gasteiger partial charge < -0.3 is 17.4 Å². The van der Waals surface area contributed by atoms with Crippen LogP contribution in [0.15, 0.2) is 59.6 Å². The van der Waals surface area contributed by atoms with Gasteiger partial charge in [-0.3, -0.25) is 4.98 Å². The highest BCUT2D eigenvalue weighted by atomic mass is 32.1. The van der Waals surface area contributed by atoms with Crippen molar-refractivity contribution < 1.29 is 4.74 Å². The molecule has 3 rings (SSSR count). The minimum absolute atomic E-state index is 0.318. The molecule has 0 aliphatic carbocycles. The first-order chi connectivity index (χ1) is 9.33. The lowest BCUT2D eigenvalue weighted by Crippen LogP contribution is -2.03. The first-order valence-corrected chi connectivity index (χ1v) is 6.34. The van der Waals surface area contributed by atoms with Crippen molar-refractivity contribution in [2.75, 3.05) is 0 Å². The lowest BCUT2D eigenvalue weighted by Gasteiger charge is -2.12. The quantitative estimate of drug-likeness (QED) is 0.539. The lowest BCUT2D eigenvalue weighted by molar-refractivity contribution is 0.295. The number of fused-ring (bicyclic) bond motifs is 1. The fourth-order valence-corrected chi connectivity index (χ4v) is 2.10. The molecule has 94 valence electrons. The molecule has 0 aliphatic rings. The molecule has 0 saturated carbocycles. The molecule has 0 N–H and O–H groups in total. The number of benzene rings is 2. The van der Waals surface area contributed by atoms with Crippen LogP contribution < -0.4 is 4.74 Å². The van der Waals surface area contributed by atoms with Crippen molar-refractivity contribution in [2.24, 2.45) is 0 Å². The maximum Gasteiger partial charge on any atom is 0.165 e. The molecule has 2 aromatic carbocycles. The number of hydrogen-bond donors (Lipinski definition) is 0. The predicted octanol–water partition coefficient (Wildman–Crippen LogP) is 3.11. The first kappa shape index (κ1) is 11.9. The number of ether oxygens (including phenoxy) is 1. The Morgan fingerprint density at radius 3 is 2.47 bits per heavy atom. The minimum atomic E-state index is 0.318. The fraction of sp³-hybridized carbons (Fsp3) is 0.0667. The Bertz CT molecular complexity index is 701. The van der Waals surface area contributed by atoms with E-state index < -0.39 is 0 Å². The third-order valence-electron chi connectivity index (χ3n) is 2.73. The summed E-state index contributed by atoms with van der Waals surface area (Å²) >= 11 is 5.27. The molecular formula is C15H11N2OS-. The van der Waals surface area contributed by atoms with Gasteiger partial charge in [0.2, 0.25) is 0 Å². The van der Waals surface area contributed by atoms with Gasteiger partial charge >= 0.3 is 0 Å². The van der Waals surface area contributed by atoms with Gasteiger partial charge in [-0.15, -0.1) is 0 Å². The summed E-state index contributed by atoms with van der Waals surface area (Å²) in [4.78, 5) is 8.74. The van der Waals surface area contributed by atoms with Crippen molar-refractivity contribution in [2.45, 2.75) is 11.6 Å². The second-order valence-electron chi connectivity index (χ2n) is 4.06. The van der Waals surface area contributed by atoms with E-state index in [2.05, 4.69) is 9.97 Å². The van der Waals surface area contributed by atoms with E-state index in [1.54, 1.807) is 0 Å². The molecule has 0 radical (unpaired) electrons. The molecule has 0 saturated heterocycles. The van der Waals surface area contributed by atoms with Crippen LogP contribution in [0.25, 0.3) is 10.9 Å². The second kappa shape index (κ2) is 5.20. The van der Waals surface area contributed by atoms with E-state index in [0.717, 1.165) is 16.7 Å². The van der Waals surface area contributed by atoms with Gasteiger partial charge in [0.15, 0.2) is 5.82 Å². The summed E-state index contributed by atoms with van der Waals surface area (Å²) < 4.78 is 5.62. The zero-order valence-corrected chi connectivity index (χ0v) is 10.9. The molecule has 3 nitrogen and oxygen atoms in total. The maximum atomic E-state index is 5.62. The van der Waals surface area contributed by atoms with Crippen molar-refractivity contribution in [3.63, 3.8) is 0 Å². The number of rotatable bonds is 3. The lowest BCUT2D eigenvalue weighted by atomic mass is 10.2. The van der Waals surface area contributed by atoms with Gasteiger partial charge in [-0.2, -0.15) is 0 Å². The zero-order valence-electron chi connectivity index (χ0n) is 10.1. The second-order valence-corrected chi connectivity index (χ2v) is 4.45. The fourth-order valence-electron chi connectivity index (χ4n) is 1.82. The number of hydrogen-bond acceptors (Lipinski definition) is 4. The predicted molar refractivity (Wildman–Crippen MR) is 75.9 cm³/mol. The summed E-state index contributed by atoms with van der Waals surface area (Å²) in [5.41, 5.74) is 0.856. The SMILES string of the molecule is [S-]c1nc(COc2ccccc2)nc2ccccc12. The Balaban J connectivity index is 1.85. The third kappa shape index (κ3) is 2.63. The van der Waals surface area contributed by atoms with Crippen LogP contribution in [-0.2, 0) is 19.2 Å². The summed E-state index contributed by atoms with van der Waals surface area (Å²) in [5.74, 6) is 1.40. The van der Waals surface area contributed by atoms with Crippen LogP contribution in [0.2, 0.25) is 0 Å². The molecule has 4 heteroatoms. The average molecular weight is 267 g/mol. The van der Waals surface area contributed by atoms with Gasteiger partial charge in [-0.25, -0.2) is 4.98 Å². The number of para-hydroxylation sites is 2. The Kier molecular flexibility index (Phi) is 3.25. The summed E-state index contributed by atoms with van der Waals surface area (Å²) in [6.07, 6.45) is 0. The molecule has 1 aromatic heterocycles. The van der Waals surface area contributed by atoms with E-state index in [0.29, 0.717) is 17.5 Å². The molecule has 1 heterocycles. The zero-order chi connectivity index (χ0) is 13.1. The highest BCUT2D eigenvalue weighted by molar-refractivity contribution is 7.59. The molecule has 0 atom stereocenters. The van der Waals surface area contributed by atoms with Gasteiger partial charge in [0, 0.05) is 0 Å². The monoisotopic (exact) mass is 267 g/mol. The number of aromatic nitrogens is 2. The first-order valence-electron chi connectivity index (χ1n) is 5.93. The van der Waals surface area contributed by atoms with Gasteiger partial charge in [-0.1, -0.05) is 41.4 Å². The van der Waals surface area contributed by atoms with E-state index in [1.807, 2.05) is 54.6 Å². The Morgan fingerprint density at radius 1 is 0.895 bits per heavy atom. The van der Waals surface area contributed by atoms with Crippen LogP contribution in [0.1, 0.15) is 5.82 Å². The smallest absolute Gasteiger partial charge is 0.165 e. The molecule has 0 unspecified atom stereocenters. The van der Waals surface area contributed by atoms with Crippen LogP contribution in [0.4, 0.5) is 0 Å². The van der Waals surface area contributed by atoms with Crippen LogP contribution in [0.5, 0.6) is 5.75 Å². The van der Waals surface area contributed by atoms with E-state index in [1.165, 1.54) is 0 Å². The Hall–Kier alpha value is -2.20. The summed E-state index contributed by atoms with van der Waals surface area (Å²) in [6.45, 7) is 0.318. The van der Waals surface area contributed by atoms with Crippen molar-refractivity contribution in [3.05, 3.63) is 60.4 Å². The van der Waals surface area contributed by atoms with E-state index in [4.69, 9.17) is 17.4 Å². The normalized spacial score (nSPS) is 10.5. The van der Waals surface area contributed by atoms with Crippen LogP contribution >= 0.6 is 0 Å². The van der Waals surface area contributed by atoms with Gasteiger partial charge in [0.1, 0.15) is 12.4 Å². The molecule has 0 amide bonds. The van der Waals surface area contributed by atoms with Crippen molar-refractivity contribution in [1.29, 1.82) is 0 Å². The Morgan fingerprint density at radius 2 is 1.63 bits per heavy atom. The van der Waals surface area contributed by atoms with Crippen molar-refractivity contribution >= 4 is 23.5 Å². The molecule has 0 fully saturated rings.